The molecule has 32 heavy (non-hydrogen) atoms. The van der Waals surface area contributed by atoms with Crippen LogP contribution in [0.3, 0.4) is 0 Å². The van der Waals surface area contributed by atoms with Crippen LogP contribution in [-0.4, -0.2) is 55.5 Å². The summed E-state index contributed by atoms with van der Waals surface area (Å²) in [6, 6.07) is 7.37. The van der Waals surface area contributed by atoms with E-state index in [1.165, 1.54) is 4.90 Å². The minimum atomic E-state index is -0.121. The molecule has 1 heterocycles. The minimum absolute atomic E-state index is 0. The predicted octanol–water partition coefficient (Wildman–Crippen LogP) is 3.09. The van der Waals surface area contributed by atoms with Crippen molar-refractivity contribution in [3.8, 4) is 5.75 Å². The van der Waals surface area contributed by atoms with Crippen molar-refractivity contribution in [1.29, 1.82) is 0 Å². The molecule has 1 aromatic rings. The lowest BCUT2D eigenvalue weighted by Crippen LogP contribution is -2.43. The van der Waals surface area contributed by atoms with E-state index in [1.54, 1.807) is 13.1 Å². The van der Waals surface area contributed by atoms with Gasteiger partial charge in [-0.3, -0.25) is 19.5 Å². The number of carbonyl (C=O) groups is 2. The Labute approximate surface area is 211 Å². The molecule has 4 rings (SSSR count). The second kappa shape index (κ2) is 10.9. The number of allylic oxidation sites excluding steroid dienone is 2. The van der Waals surface area contributed by atoms with E-state index < -0.39 is 0 Å². The number of nitrogens with zero attached hydrogens (tertiary/aromatic N) is 2. The quantitative estimate of drug-likeness (QED) is 0.125. The lowest BCUT2D eigenvalue weighted by molar-refractivity contribution is -0.140. The Kier molecular flexibility index (Phi) is 8.43. The van der Waals surface area contributed by atoms with Gasteiger partial charge in [0.15, 0.2) is 5.96 Å². The van der Waals surface area contributed by atoms with Gasteiger partial charge in [-0.1, -0.05) is 35.9 Å². The number of carbonyl (C=O) groups excluding carboxylic acids is 2. The Balaban J connectivity index is 0.00000289. The topological polar surface area (TPSA) is 83.0 Å². The first kappa shape index (κ1) is 24.8. The van der Waals surface area contributed by atoms with Crippen LogP contribution in [0, 0.1) is 23.7 Å². The zero-order valence-electron chi connectivity index (χ0n) is 18.3. The molecule has 1 saturated carbocycles. The monoisotopic (exact) mass is 572 g/mol. The Morgan fingerprint density at radius 3 is 2.47 bits per heavy atom. The number of fused-ring (bicyclic) bond motifs is 5. The van der Waals surface area contributed by atoms with Gasteiger partial charge in [0.05, 0.1) is 23.4 Å². The molecule has 0 aromatic heterocycles. The number of nitrogens with one attached hydrogen (secondary N) is 2. The Morgan fingerprint density at radius 1 is 1.19 bits per heavy atom. The smallest absolute Gasteiger partial charge is 0.233 e. The number of likely N-dealkylation sites (tertiary alicyclic amines) is 1. The third-order valence-corrected chi connectivity index (χ3v) is 6.67. The van der Waals surface area contributed by atoms with Gasteiger partial charge in [0.25, 0.3) is 0 Å². The van der Waals surface area contributed by atoms with Crippen LogP contribution >= 0.6 is 35.6 Å². The second-order valence-electron chi connectivity index (χ2n) is 8.42. The van der Waals surface area contributed by atoms with Crippen LogP contribution in [0.25, 0.3) is 0 Å². The van der Waals surface area contributed by atoms with Gasteiger partial charge in [0, 0.05) is 20.1 Å². The summed E-state index contributed by atoms with van der Waals surface area (Å²) >= 11 is 6.13. The van der Waals surface area contributed by atoms with E-state index in [0.717, 1.165) is 6.42 Å². The summed E-state index contributed by atoms with van der Waals surface area (Å²) in [4.78, 5) is 31.1. The van der Waals surface area contributed by atoms with Crippen molar-refractivity contribution < 1.29 is 14.3 Å². The number of benzene rings is 1. The molecule has 0 spiro atoms. The maximum Gasteiger partial charge on any atom is 0.233 e. The first-order chi connectivity index (χ1) is 15.0. The molecule has 7 nitrogen and oxygen atoms in total. The third kappa shape index (κ3) is 5.06. The van der Waals surface area contributed by atoms with Crippen molar-refractivity contribution in [3.63, 3.8) is 0 Å². The standard InChI is InChI=1S/C23H29ClN4O3.HI/c1-14(31-18-7-4-3-6-17(18)24)13-27-23(25-2)26-10-5-11-28-21(29)19-15-8-9-16(12-15)20(19)22(28)30;/h3-4,6-9,14-16,19-20H,5,10-13H2,1-2H3,(H2,25,26,27);1H. The first-order valence-electron chi connectivity index (χ1n) is 10.9. The summed E-state index contributed by atoms with van der Waals surface area (Å²) in [6.45, 7) is 3.55. The average molecular weight is 573 g/mol. The van der Waals surface area contributed by atoms with Crippen LogP contribution in [0.4, 0.5) is 0 Å². The maximum absolute atomic E-state index is 12.7. The highest BCUT2D eigenvalue weighted by Crippen LogP contribution is 2.52. The molecule has 5 atom stereocenters. The van der Waals surface area contributed by atoms with Gasteiger partial charge in [-0.05, 0) is 43.7 Å². The summed E-state index contributed by atoms with van der Waals surface area (Å²) in [6.07, 6.45) is 5.76. The fourth-order valence-electron chi connectivity index (χ4n) is 4.89. The van der Waals surface area contributed by atoms with E-state index in [1.807, 2.05) is 25.1 Å². The molecule has 2 amide bonds. The van der Waals surface area contributed by atoms with Crippen LogP contribution < -0.4 is 15.4 Å². The SMILES string of the molecule is CN=C(NCCCN1C(=O)C2C3C=CC(C3)C2C1=O)NCC(C)Oc1ccccc1Cl.I. The molecule has 2 fully saturated rings. The number of para-hydroxylation sites is 1. The fraction of sp³-hybridized carbons (Fsp3) is 0.522. The summed E-state index contributed by atoms with van der Waals surface area (Å²) in [5, 5.41) is 7.03. The van der Waals surface area contributed by atoms with Crippen molar-refractivity contribution in [2.75, 3.05) is 26.7 Å². The largest absolute Gasteiger partial charge is 0.487 e. The number of aliphatic imine (C=N–C) groups is 1. The molecule has 3 aliphatic rings. The molecular weight excluding hydrogens is 543 g/mol. The number of halogens is 2. The molecule has 2 aliphatic carbocycles. The third-order valence-electron chi connectivity index (χ3n) is 6.36. The van der Waals surface area contributed by atoms with Gasteiger partial charge in [-0.25, -0.2) is 0 Å². The molecule has 2 bridgehead atoms. The minimum Gasteiger partial charge on any atom is -0.487 e. The van der Waals surface area contributed by atoms with Crippen molar-refractivity contribution >= 4 is 53.4 Å². The number of amides is 2. The second-order valence-corrected chi connectivity index (χ2v) is 8.83. The number of ether oxygens (including phenoxy) is 1. The Morgan fingerprint density at radius 2 is 1.84 bits per heavy atom. The normalized spacial score (nSPS) is 26.7. The van der Waals surface area contributed by atoms with E-state index >= 15 is 0 Å². The van der Waals surface area contributed by atoms with Crippen molar-refractivity contribution in [2.45, 2.75) is 25.9 Å². The van der Waals surface area contributed by atoms with E-state index in [0.29, 0.717) is 42.8 Å². The number of hydrogen-bond acceptors (Lipinski definition) is 4. The lowest BCUT2D eigenvalue weighted by atomic mass is 9.85. The van der Waals surface area contributed by atoms with Crippen LogP contribution in [0.15, 0.2) is 41.4 Å². The van der Waals surface area contributed by atoms with Crippen LogP contribution in [0.2, 0.25) is 5.02 Å². The molecule has 9 heteroatoms. The Hall–Kier alpha value is -1.81. The molecule has 2 N–H and O–H groups in total. The van der Waals surface area contributed by atoms with Crippen molar-refractivity contribution in [2.24, 2.45) is 28.7 Å². The van der Waals surface area contributed by atoms with E-state index in [9.17, 15) is 9.59 Å². The summed E-state index contributed by atoms with van der Waals surface area (Å²) in [5.41, 5.74) is 0. The number of imide groups is 1. The maximum atomic E-state index is 12.7. The van der Waals surface area contributed by atoms with E-state index in [4.69, 9.17) is 16.3 Å². The highest BCUT2D eigenvalue weighted by atomic mass is 127. The zero-order valence-corrected chi connectivity index (χ0v) is 21.4. The molecule has 0 radical (unpaired) electrons. The van der Waals surface area contributed by atoms with Crippen LogP contribution in [-0.2, 0) is 9.59 Å². The fourth-order valence-corrected chi connectivity index (χ4v) is 5.07. The highest BCUT2D eigenvalue weighted by Gasteiger charge is 2.58. The van der Waals surface area contributed by atoms with Gasteiger partial charge in [-0.2, -0.15) is 0 Å². The lowest BCUT2D eigenvalue weighted by Gasteiger charge is -2.19. The van der Waals surface area contributed by atoms with Crippen LogP contribution in [0.1, 0.15) is 19.8 Å². The van der Waals surface area contributed by atoms with Crippen molar-refractivity contribution in [1.82, 2.24) is 15.5 Å². The average Bonchev–Trinajstić information content (AvgIpc) is 3.44. The van der Waals surface area contributed by atoms with Gasteiger partial charge < -0.3 is 15.4 Å². The Bertz CT molecular complexity index is 879. The van der Waals surface area contributed by atoms with Gasteiger partial charge >= 0.3 is 0 Å². The predicted molar refractivity (Wildman–Crippen MR) is 135 cm³/mol. The first-order valence-corrected chi connectivity index (χ1v) is 11.3. The number of guanidine groups is 1. The molecule has 1 saturated heterocycles. The van der Waals surface area contributed by atoms with E-state index in [-0.39, 0.29) is 65.6 Å². The molecule has 1 aliphatic heterocycles. The number of hydrogen-bond donors (Lipinski definition) is 2. The van der Waals surface area contributed by atoms with Crippen LogP contribution in [0.5, 0.6) is 5.75 Å². The molecule has 1 aromatic carbocycles. The number of rotatable bonds is 8. The summed E-state index contributed by atoms with van der Waals surface area (Å²) in [7, 11) is 1.70. The van der Waals surface area contributed by atoms with Crippen molar-refractivity contribution in [3.05, 3.63) is 41.4 Å². The zero-order chi connectivity index (χ0) is 22.0. The van der Waals surface area contributed by atoms with Gasteiger partial charge in [0.1, 0.15) is 11.9 Å². The molecular formula is C23H30ClIN4O3. The van der Waals surface area contributed by atoms with Gasteiger partial charge in [0.2, 0.25) is 11.8 Å². The summed E-state index contributed by atoms with van der Waals surface area (Å²) in [5.74, 6) is 1.59. The van der Waals surface area contributed by atoms with Gasteiger partial charge in [-0.15, -0.1) is 24.0 Å². The van der Waals surface area contributed by atoms with E-state index in [2.05, 4.69) is 27.8 Å². The highest BCUT2D eigenvalue weighted by molar-refractivity contribution is 14.0. The molecule has 174 valence electrons. The molecule has 5 unspecified atom stereocenters. The summed E-state index contributed by atoms with van der Waals surface area (Å²) < 4.78 is 5.85.